The van der Waals surface area contributed by atoms with E-state index in [2.05, 4.69) is 36.1 Å². The number of benzene rings is 1. The molecule has 0 bridgehead atoms. The van der Waals surface area contributed by atoms with Gasteiger partial charge in [0, 0.05) is 19.1 Å². The van der Waals surface area contributed by atoms with Crippen LogP contribution in [0.3, 0.4) is 0 Å². The van der Waals surface area contributed by atoms with Crippen molar-refractivity contribution < 1.29 is 0 Å². The maximum Gasteiger partial charge on any atom is 0.0473 e. The first kappa shape index (κ1) is 9.69. The van der Waals surface area contributed by atoms with Crippen molar-refractivity contribution in [2.24, 2.45) is 5.73 Å². The largest absolute Gasteiger partial charge is 0.329 e. The van der Waals surface area contributed by atoms with Gasteiger partial charge in [-0.3, -0.25) is 4.90 Å². The van der Waals surface area contributed by atoms with Gasteiger partial charge in [-0.2, -0.15) is 0 Å². The van der Waals surface area contributed by atoms with Crippen molar-refractivity contribution in [3.63, 3.8) is 0 Å². The third-order valence-corrected chi connectivity index (χ3v) is 3.15. The minimum absolute atomic E-state index is 0.435. The molecular weight excluding hydrogens is 172 g/mol. The highest BCUT2D eigenvalue weighted by atomic mass is 15.2. The second-order valence-corrected chi connectivity index (χ2v) is 3.83. The fourth-order valence-electron chi connectivity index (χ4n) is 2.36. The summed E-state index contributed by atoms with van der Waals surface area (Å²) in [6.45, 7) is 5.17. The van der Waals surface area contributed by atoms with E-state index < -0.39 is 0 Å². The van der Waals surface area contributed by atoms with Crippen molar-refractivity contribution in [2.75, 3.05) is 19.6 Å². The van der Waals surface area contributed by atoms with E-state index in [0.29, 0.717) is 6.04 Å². The molecule has 1 aliphatic heterocycles. The van der Waals surface area contributed by atoms with E-state index in [4.69, 9.17) is 5.73 Å². The van der Waals surface area contributed by atoms with Crippen LogP contribution in [0.4, 0.5) is 0 Å². The third kappa shape index (κ3) is 1.56. The van der Waals surface area contributed by atoms with Gasteiger partial charge in [-0.1, -0.05) is 31.2 Å². The number of likely N-dealkylation sites (N-methyl/N-ethyl adjacent to an activating group) is 1. The molecule has 1 aromatic carbocycles. The minimum Gasteiger partial charge on any atom is -0.329 e. The van der Waals surface area contributed by atoms with Gasteiger partial charge in [0.2, 0.25) is 0 Å². The molecule has 0 saturated heterocycles. The zero-order chi connectivity index (χ0) is 9.97. The number of nitrogens with two attached hydrogens (primary N) is 1. The second kappa shape index (κ2) is 4.11. The summed E-state index contributed by atoms with van der Waals surface area (Å²) in [6, 6.07) is 9.11. The van der Waals surface area contributed by atoms with Gasteiger partial charge in [0.05, 0.1) is 0 Å². The normalized spacial score (nSPS) is 22.0. The van der Waals surface area contributed by atoms with Crippen LogP contribution < -0.4 is 5.73 Å². The van der Waals surface area contributed by atoms with Crippen molar-refractivity contribution in [3.8, 4) is 0 Å². The highest BCUT2D eigenvalue weighted by molar-refractivity contribution is 5.32. The Hall–Kier alpha value is -0.860. The lowest BCUT2D eigenvalue weighted by Gasteiger charge is -2.35. The summed E-state index contributed by atoms with van der Waals surface area (Å²) in [5.74, 6) is 0. The van der Waals surface area contributed by atoms with Gasteiger partial charge in [-0.05, 0) is 24.1 Å². The predicted octanol–water partition coefficient (Wildman–Crippen LogP) is 1.56. The van der Waals surface area contributed by atoms with Gasteiger partial charge in [-0.15, -0.1) is 0 Å². The molecule has 2 nitrogen and oxygen atoms in total. The molecule has 0 spiro atoms. The molecule has 0 fully saturated rings. The molecule has 0 aliphatic carbocycles. The van der Waals surface area contributed by atoms with Crippen molar-refractivity contribution in [1.82, 2.24) is 4.90 Å². The SMILES string of the molecule is CCN1CCc2ccccc2C1CN. The Labute approximate surface area is 85.7 Å². The number of hydrogen-bond donors (Lipinski definition) is 1. The summed E-state index contributed by atoms with van der Waals surface area (Å²) in [6.07, 6.45) is 1.17. The van der Waals surface area contributed by atoms with Crippen LogP contribution in [0.25, 0.3) is 0 Å². The van der Waals surface area contributed by atoms with Gasteiger partial charge in [0.25, 0.3) is 0 Å². The highest BCUT2D eigenvalue weighted by Crippen LogP contribution is 2.28. The van der Waals surface area contributed by atoms with Gasteiger partial charge < -0.3 is 5.73 Å². The first-order valence-corrected chi connectivity index (χ1v) is 5.38. The maximum absolute atomic E-state index is 5.84. The molecule has 76 valence electrons. The zero-order valence-corrected chi connectivity index (χ0v) is 8.74. The minimum atomic E-state index is 0.435. The van der Waals surface area contributed by atoms with Gasteiger partial charge in [0.1, 0.15) is 0 Å². The van der Waals surface area contributed by atoms with E-state index >= 15 is 0 Å². The molecule has 1 atom stereocenters. The van der Waals surface area contributed by atoms with Crippen molar-refractivity contribution >= 4 is 0 Å². The van der Waals surface area contributed by atoms with Crippen molar-refractivity contribution in [3.05, 3.63) is 35.4 Å². The Kier molecular flexibility index (Phi) is 2.85. The molecular formula is C12H18N2. The first-order valence-electron chi connectivity index (χ1n) is 5.38. The molecule has 0 amide bonds. The summed E-state index contributed by atoms with van der Waals surface area (Å²) in [4.78, 5) is 2.46. The fourth-order valence-corrected chi connectivity index (χ4v) is 2.36. The van der Waals surface area contributed by atoms with Crippen molar-refractivity contribution in [2.45, 2.75) is 19.4 Å². The Morgan fingerprint density at radius 3 is 2.93 bits per heavy atom. The fraction of sp³-hybridized carbons (Fsp3) is 0.500. The molecule has 2 rings (SSSR count). The Morgan fingerprint density at radius 1 is 1.43 bits per heavy atom. The topological polar surface area (TPSA) is 29.3 Å². The van der Waals surface area contributed by atoms with E-state index in [0.717, 1.165) is 19.6 Å². The van der Waals surface area contributed by atoms with E-state index in [1.807, 2.05) is 0 Å². The molecule has 1 aromatic rings. The monoisotopic (exact) mass is 190 g/mol. The Bertz CT molecular complexity index is 309. The van der Waals surface area contributed by atoms with Crippen LogP contribution >= 0.6 is 0 Å². The standard InChI is InChI=1S/C12H18N2/c1-2-14-8-7-10-5-3-4-6-11(10)12(14)9-13/h3-6,12H,2,7-9,13H2,1H3. The molecule has 1 unspecified atom stereocenters. The van der Waals surface area contributed by atoms with Crippen LogP contribution in [-0.2, 0) is 6.42 Å². The lowest BCUT2D eigenvalue weighted by atomic mass is 9.93. The Morgan fingerprint density at radius 2 is 2.21 bits per heavy atom. The van der Waals surface area contributed by atoms with Crippen LogP contribution in [0.15, 0.2) is 24.3 Å². The van der Waals surface area contributed by atoms with Crippen LogP contribution in [0.1, 0.15) is 24.1 Å². The number of fused-ring (bicyclic) bond motifs is 1. The summed E-state index contributed by atoms with van der Waals surface area (Å²) >= 11 is 0. The number of nitrogens with zero attached hydrogens (tertiary/aromatic N) is 1. The number of hydrogen-bond acceptors (Lipinski definition) is 2. The lowest BCUT2D eigenvalue weighted by molar-refractivity contribution is 0.200. The average molecular weight is 190 g/mol. The van der Waals surface area contributed by atoms with E-state index in [1.54, 1.807) is 0 Å². The Balaban J connectivity index is 2.34. The number of rotatable bonds is 2. The summed E-state index contributed by atoms with van der Waals surface area (Å²) in [5.41, 5.74) is 8.76. The molecule has 0 aromatic heterocycles. The molecule has 2 heteroatoms. The van der Waals surface area contributed by atoms with Crippen LogP contribution in [-0.4, -0.2) is 24.5 Å². The molecule has 0 saturated carbocycles. The van der Waals surface area contributed by atoms with Crippen LogP contribution in [0.2, 0.25) is 0 Å². The average Bonchev–Trinajstić information content (AvgIpc) is 2.27. The van der Waals surface area contributed by atoms with Crippen LogP contribution in [0.5, 0.6) is 0 Å². The smallest absolute Gasteiger partial charge is 0.0473 e. The molecule has 0 radical (unpaired) electrons. The first-order chi connectivity index (χ1) is 6.86. The highest BCUT2D eigenvalue weighted by Gasteiger charge is 2.24. The predicted molar refractivity (Wildman–Crippen MR) is 59.2 cm³/mol. The maximum atomic E-state index is 5.84. The van der Waals surface area contributed by atoms with E-state index in [1.165, 1.54) is 17.5 Å². The lowest BCUT2D eigenvalue weighted by Crippen LogP contribution is -2.39. The summed E-state index contributed by atoms with van der Waals surface area (Å²) < 4.78 is 0. The second-order valence-electron chi connectivity index (χ2n) is 3.83. The quantitative estimate of drug-likeness (QED) is 0.767. The molecule has 2 N–H and O–H groups in total. The van der Waals surface area contributed by atoms with E-state index in [9.17, 15) is 0 Å². The summed E-state index contributed by atoms with van der Waals surface area (Å²) in [5, 5.41) is 0. The third-order valence-electron chi connectivity index (χ3n) is 3.15. The van der Waals surface area contributed by atoms with Crippen molar-refractivity contribution in [1.29, 1.82) is 0 Å². The van der Waals surface area contributed by atoms with Gasteiger partial charge >= 0.3 is 0 Å². The summed E-state index contributed by atoms with van der Waals surface area (Å²) in [7, 11) is 0. The van der Waals surface area contributed by atoms with Gasteiger partial charge in [-0.25, -0.2) is 0 Å². The molecule has 14 heavy (non-hydrogen) atoms. The van der Waals surface area contributed by atoms with Gasteiger partial charge in [0.15, 0.2) is 0 Å². The van der Waals surface area contributed by atoms with Crippen LogP contribution in [0, 0.1) is 0 Å². The van der Waals surface area contributed by atoms with E-state index in [-0.39, 0.29) is 0 Å². The molecule has 1 heterocycles. The molecule has 1 aliphatic rings. The zero-order valence-electron chi connectivity index (χ0n) is 8.74.